The molecule has 0 bridgehead atoms. The number of hydrogen-bond donors (Lipinski definition) is 1. The van der Waals surface area contributed by atoms with E-state index in [2.05, 4.69) is 11.1 Å². The number of para-hydroxylation sites is 1. The Kier molecular flexibility index (Phi) is 3.43. The monoisotopic (exact) mass is 227 g/mol. The van der Waals surface area contributed by atoms with Crippen LogP contribution in [0, 0.1) is 0 Å². The maximum atomic E-state index is 12.1. The van der Waals surface area contributed by atoms with Gasteiger partial charge in [-0.1, -0.05) is 38.1 Å². The lowest BCUT2D eigenvalue weighted by molar-refractivity contribution is 1.08. The molecule has 17 heavy (non-hydrogen) atoms. The zero-order chi connectivity index (χ0) is 12.3. The summed E-state index contributed by atoms with van der Waals surface area (Å²) in [5, 5.41) is 2.59. The van der Waals surface area contributed by atoms with Crippen molar-refractivity contribution >= 4 is 23.1 Å². The van der Waals surface area contributed by atoms with E-state index in [-0.39, 0.29) is 5.43 Å². The lowest BCUT2D eigenvalue weighted by Crippen LogP contribution is -2.42. The fraction of sp³-hybridized carbons (Fsp3) is 0.267. The predicted octanol–water partition coefficient (Wildman–Crippen LogP) is 1.91. The zero-order valence-corrected chi connectivity index (χ0v) is 10.3. The molecule has 1 aromatic heterocycles. The summed E-state index contributed by atoms with van der Waals surface area (Å²) in [6.45, 7) is 4.00. The lowest BCUT2D eigenvalue weighted by Gasteiger charge is -2.02. The van der Waals surface area contributed by atoms with E-state index in [0.717, 1.165) is 34.3 Å². The van der Waals surface area contributed by atoms with Gasteiger partial charge in [0.25, 0.3) is 0 Å². The van der Waals surface area contributed by atoms with Crippen molar-refractivity contribution in [2.75, 3.05) is 0 Å². The van der Waals surface area contributed by atoms with E-state index in [0.29, 0.717) is 0 Å². The van der Waals surface area contributed by atoms with Gasteiger partial charge >= 0.3 is 0 Å². The van der Waals surface area contributed by atoms with Gasteiger partial charge in [-0.2, -0.15) is 0 Å². The first-order valence-corrected chi connectivity index (χ1v) is 6.18. The normalized spacial score (nSPS) is 12.8. The summed E-state index contributed by atoms with van der Waals surface area (Å²) in [5.41, 5.74) is 1.07. The third kappa shape index (κ3) is 2.03. The largest absolute Gasteiger partial charge is 0.355 e. The highest BCUT2D eigenvalue weighted by Crippen LogP contribution is 2.02. The average molecular weight is 227 g/mol. The smallest absolute Gasteiger partial charge is 0.196 e. The fourth-order valence-corrected chi connectivity index (χ4v) is 2.09. The quantitative estimate of drug-likeness (QED) is 0.732. The predicted molar refractivity (Wildman–Crippen MR) is 73.3 cm³/mol. The molecule has 0 saturated carbocycles. The van der Waals surface area contributed by atoms with Crippen molar-refractivity contribution in [3.8, 4) is 0 Å². The van der Waals surface area contributed by atoms with E-state index < -0.39 is 0 Å². The first-order valence-electron chi connectivity index (χ1n) is 6.18. The van der Waals surface area contributed by atoms with Crippen LogP contribution in [-0.2, 0) is 0 Å². The fourth-order valence-electron chi connectivity index (χ4n) is 2.09. The zero-order valence-electron chi connectivity index (χ0n) is 10.3. The number of hydrogen-bond acceptors (Lipinski definition) is 1. The standard InChI is InChI=1S/C13H11NO.C2H6/c15-13-9-5-1-3-7-11(9)14-12-8-4-2-6-10(12)13;1-2/h1,3,5-8,14H,2,4H2;1-2H3. The van der Waals surface area contributed by atoms with Crippen LogP contribution in [0.2, 0.25) is 0 Å². The number of H-pyrrole nitrogens is 1. The molecule has 1 aromatic carbocycles. The van der Waals surface area contributed by atoms with E-state index in [1.54, 1.807) is 0 Å². The van der Waals surface area contributed by atoms with Crippen LogP contribution in [0.25, 0.3) is 23.1 Å². The number of nitrogens with one attached hydrogen (secondary N) is 1. The van der Waals surface area contributed by atoms with Gasteiger partial charge in [-0.3, -0.25) is 4.79 Å². The van der Waals surface area contributed by atoms with Gasteiger partial charge in [0.15, 0.2) is 5.43 Å². The lowest BCUT2D eigenvalue weighted by atomic mass is 10.1. The highest BCUT2D eigenvalue weighted by atomic mass is 16.1. The third-order valence-corrected chi connectivity index (χ3v) is 2.84. The molecule has 0 amide bonds. The van der Waals surface area contributed by atoms with Gasteiger partial charge in [-0.05, 0) is 25.0 Å². The molecule has 1 aliphatic rings. The minimum atomic E-state index is 0.148. The number of pyridine rings is 1. The minimum Gasteiger partial charge on any atom is -0.355 e. The summed E-state index contributed by atoms with van der Waals surface area (Å²) in [6, 6.07) is 7.66. The Labute approximate surface area is 100 Å². The first-order chi connectivity index (χ1) is 8.36. The van der Waals surface area contributed by atoms with Crippen molar-refractivity contribution in [1.29, 1.82) is 0 Å². The van der Waals surface area contributed by atoms with E-state index in [1.807, 2.05) is 44.2 Å². The van der Waals surface area contributed by atoms with Crippen LogP contribution in [0.1, 0.15) is 26.7 Å². The number of rotatable bonds is 0. The molecule has 0 aliphatic heterocycles. The Hall–Kier alpha value is -1.83. The topological polar surface area (TPSA) is 32.9 Å². The Morgan fingerprint density at radius 1 is 1.06 bits per heavy atom. The molecule has 1 N–H and O–H groups in total. The Morgan fingerprint density at radius 3 is 2.59 bits per heavy atom. The molecule has 0 fully saturated rings. The van der Waals surface area contributed by atoms with E-state index in [1.165, 1.54) is 0 Å². The van der Waals surface area contributed by atoms with E-state index >= 15 is 0 Å². The molecule has 2 aromatic rings. The molecule has 1 aliphatic carbocycles. The van der Waals surface area contributed by atoms with Gasteiger partial charge in [-0.25, -0.2) is 0 Å². The Morgan fingerprint density at radius 2 is 1.76 bits per heavy atom. The average Bonchev–Trinajstić information content (AvgIpc) is 2.41. The van der Waals surface area contributed by atoms with Gasteiger partial charge in [0, 0.05) is 21.5 Å². The highest BCUT2D eigenvalue weighted by molar-refractivity contribution is 5.78. The number of aromatic nitrogens is 1. The molecule has 0 saturated heterocycles. The van der Waals surface area contributed by atoms with Crippen molar-refractivity contribution < 1.29 is 0 Å². The van der Waals surface area contributed by atoms with Gasteiger partial charge in [-0.15, -0.1) is 0 Å². The summed E-state index contributed by atoms with van der Waals surface area (Å²) in [6.07, 6.45) is 6.11. The second-order valence-corrected chi connectivity index (χ2v) is 3.81. The van der Waals surface area contributed by atoms with Crippen molar-refractivity contribution in [1.82, 2.24) is 4.98 Å². The Bertz CT molecular complexity index is 695. The molecule has 0 radical (unpaired) electrons. The van der Waals surface area contributed by atoms with Crippen LogP contribution in [0.4, 0.5) is 0 Å². The van der Waals surface area contributed by atoms with Gasteiger partial charge in [0.2, 0.25) is 0 Å². The maximum absolute atomic E-state index is 12.1. The van der Waals surface area contributed by atoms with Crippen LogP contribution in [0.15, 0.2) is 29.1 Å². The number of benzene rings is 1. The SMILES string of the molecule is CC.O=c1c2c([nH]c3ccccc13)=CCCC=2. The second-order valence-electron chi connectivity index (χ2n) is 3.81. The summed E-state index contributed by atoms with van der Waals surface area (Å²) < 4.78 is 0. The molecule has 2 nitrogen and oxygen atoms in total. The van der Waals surface area contributed by atoms with Crippen LogP contribution in [-0.4, -0.2) is 4.98 Å². The van der Waals surface area contributed by atoms with Gasteiger partial charge in [0.05, 0.1) is 0 Å². The molecule has 0 spiro atoms. The van der Waals surface area contributed by atoms with Crippen LogP contribution >= 0.6 is 0 Å². The van der Waals surface area contributed by atoms with Crippen LogP contribution < -0.4 is 16.0 Å². The van der Waals surface area contributed by atoms with Crippen molar-refractivity contribution in [2.45, 2.75) is 26.7 Å². The second kappa shape index (κ2) is 5.00. The third-order valence-electron chi connectivity index (χ3n) is 2.84. The Balaban J connectivity index is 0.000000514. The molecular formula is C15H17NO. The number of fused-ring (bicyclic) bond motifs is 2. The molecular weight excluding hydrogens is 210 g/mol. The van der Waals surface area contributed by atoms with E-state index in [9.17, 15) is 4.79 Å². The minimum absolute atomic E-state index is 0.148. The van der Waals surface area contributed by atoms with Crippen LogP contribution in [0.5, 0.6) is 0 Å². The summed E-state index contributed by atoms with van der Waals surface area (Å²) in [4.78, 5) is 15.4. The van der Waals surface area contributed by atoms with Gasteiger partial charge < -0.3 is 4.98 Å². The van der Waals surface area contributed by atoms with Crippen molar-refractivity contribution in [3.05, 3.63) is 45.1 Å². The summed E-state index contributed by atoms with van der Waals surface area (Å²) in [5.74, 6) is 0. The maximum Gasteiger partial charge on any atom is 0.196 e. The van der Waals surface area contributed by atoms with Crippen LogP contribution in [0.3, 0.4) is 0 Å². The molecule has 1 heterocycles. The van der Waals surface area contributed by atoms with Gasteiger partial charge in [0.1, 0.15) is 0 Å². The molecule has 0 unspecified atom stereocenters. The summed E-state index contributed by atoms with van der Waals surface area (Å²) in [7, 11) is 0. The number of aromatic amines is 1. The van der Waals surface area contributed by atoms with Crippen molar-refractivity contribution in [2.24, 2.45) is 0 Å². The molecule has 3 rings (SSSR count). The van der Waals surface area contributed by atoms with E-state index in [4.69, 9.17) is 0 Å². The summed E-state index contributed by atoms with van der Waals surface area (Å²) >= 11 is 0. The first kappa shape index (κ1) is 11.6. The highest BCUT2D eigenvalue weighted by Gasteiger charge is 2.02. The molecule has 88 valence electrons. The van der Waals surface area contributed by atoms with Crippen molar-refractivity contribution in [3.63, 3.8) is 0 Å². The molecule has 0 atom stereocenters. The molecule has 2 heteroatoms.